The lowest BCUT2D eigenvalue weighted by molar-refractivity contribution is -0.149. The Bertz CT molecular complexity index is 1200. The smallest absolute Gasteiger partial charge is 0.306 e. The Balaban J connectivity index is 1.72. The maximum atomic E-state index is 13.9. The lowest BCUT2D eigenvalue weighted by Crippen LogP contribution is -2.57. The van der Waals surface area contributed by atoms with Gasteiger partial charge in [-0.05, 0) is 64.0 Å². The van der Waals surface area contributed by atoms with Crippen LogP contribution >= 0.6 is 11.3 Å². The number of rotatable bonds is 13. The van der Waals surface area contributed by atoms with E-state index in [0.29, 0.717) is 30.7 Å². The number of aliphatic carboxylic acids is 1. The van der Waals surface area contributed by atoms with Gasteiger partial charge < -0.3 is 25.4 Å². The summed E-state index contributed by atoms with van der Waals surface area (Å²) in [6.45, 7) is 9.95. The number of aromatic nitrogens is 1. The van der Waals surface area contributed by atoms with Gasteiger partial charge in [-0.3, -0.25) is 28.9 Å². The number of amides is 3. The van der Waals surface area contributed by atoms with Crippen LogP contribution in [0.1, 0.15) is 108 Å². The zero-order chi connectivity index (χ0) is 33.4. The second-order valence-corrected chi connectivity index (χ2v) is 14.1. The largest absolute Gasteiger partial charge is 0.481 e. The molecule has 2 heterocycles. The molecule has 4 atom stereocenters. The van der Waals surface area contributed by atoms with E-state index in [2.05, 4.69) is 15.6 Å². The summed E-state index contributed by atoms with van der Waals surface area (Å²) in [6, 6.07) is -1.46. The Morgan fingerprint density at radius 1 is 1.07 bits per heavy atom. The Hall–Kier alpha value is -3.06. The van der Waals surface area contributed by atoms with Gasteiger partial charge in [-0.2, -0.15) is 0 Å². The van der Waals surface area contributed by atoms with Crippen molar-refractivity contribution < 1.29 is 33.8 Å². The van der Waals surface area contributed by atoms with Gasteiger partial charge in [0.2, 0.25) is 11.8 Å². The fraction of sp³-hybridized carbons (Fsp3) is 0.750. The molecule has 45 heavy (non-hydrogen) atoms. The molecule has 1 aromatic rings. The van der Waals surface area contributed by atoms with E-state index >= 15 is 0 Å². The van der Waals surface area contributed by atoms with Crippen LogP contribution in [-0.4, -0.2) is 94.4 Å². The quantitative estimate of drug-likeness (QED) is 0.272. The lowest BCUT2D eigenvalue weighted by Gasteiger charge is -2.37. The molecular formula is C32H51N5O7S. The first-order chi connectivity index (χ1) is 21.2. The highest BCUT2D eigenvalue weighted by Gasteiger charge is 2.37. The van der Waals surface area contributed by atoms with E-state index in [1.165, 1.54) is 18.3 Å². The molecule has 0 spiro atoms. The summed E-state index contributed by atoms with van der Waals surface area (Å²) in [4.78, 5) is 71.7. The van der Waals surface area contributed by atoms with E-state index < -0.39 is 24.1 Å². The molecule has 1 unspecified atom stereocenters. The van der Waals surface area contributed by atoms with Crippen molar-refractivity contribution in [3.63, 3.8) is 0 Å². The first-order valence-corrected chi connectivity index (χ1v) is 17.0. The van der Waals surface area contributed by atoms with Crippen LogP contribution in [0.3, 0.4) is 0 Å². The van der Waals surface area contributed by atoms with Crippen LogP contribution in [0.2, 0.25) is 0 Å². The molecule has 1 saturated heterocycles. The molecule has 12 nitrogen and oxygen atoms in total. The van der Waals surface area contributed by atoms with Gasteiger partial charge in [0.1, 0.15) is 16.7 Å². The van der Waals surface area contributed by atoms with Crippen molar-refractivity contribution in [2.45, 2.75) is 116 Å². The third-order valence-electron chi connectivity index (χ3n) is 9.12. The molecule has 13 heteroatoms. The van der Waals surface area contributed by atoms with Crippen LogP contribution in [0.4, 0.5) is 0 Å². The standard InChI is InChI=1S/C32H51N5O7S/c1-18(2)25(37(7)31(41)27(19(3)4)35-29(40)24-10-8-9-15-36(24)6)16-26(44-20(5)38)30-34-23(17-45-30)28(39)33-22-13-11-21(12-14-22)32(42)43/h17-19,21-22,24-27H,8-16H2,1-7H3,(H,33,39)(H,35,40)(H,42,43)/t21?,22?,24-,25?,26-,27+/m1/s1. The summed E-state index contributed by atoms with van der Waals surface area (Å²) in [5.74, 6) is -2.56. The summed E-state index contributed by atoms with van der Waals surface area (Å²) in [7, 11) is 3.65. The number of likely N-dealkylation sites (N-methyl/N-ethyl adjacent to an activating group) is 2. The summed E-state index contributed by atoms with van der Waals surface area (Å²) >= 11 is 1.21. The predicted molar refractivity (Wildman–Crippen MR) is 171 cm³/mol. The molecule has 1 aliphatic carbocycles. The Labute approximate surface area is 270 Å². The van der Waals surface area contributed by atoms with Gasteiger partial charge in [0.05, 0.1) is 12.0 Å². The van der Waals surface area contributed by atoms with Gasteiger partial charge in [-0.25, -0.2) is 4.98 Å². The fourth-order valence-corrected chi connectivity index (χ4v) is 7.17. The predicted octanol–water partition coefficient (Wildman–Crippen LogP) is 3.62. The van der Waals surface area contributed by atoms with Crippen molar-refractivity contribution >= 4 is 41.0 Å². The average molecular weight is 650 g/mol. The third-order valence-corrected chi connectivity index (χ3v) is 10.1. The van der Waals surface area contributed by atoms with Crippen LogP contribution < -0.4 is 10.6 Å². The second-order valence-electron chi connectivity index (χ2n) is 13.2. The van der Waals surface area contributed by atoms with Crippen molar-refractivity contribution in [1.29, 1.82) is 0 Å². The topological polar surface area (TPSA) is 158 Å². The van der Waals surface area contributed by atoms with Crippen molar-refractivity contribution in [2.75, 3.05) is 20.6 Å². The number of likely N-dealkylation sites (tertiary alicyclic amines) is 1. The number of ether oxygens (including phenoxy) is 1. The summed E-state index contributed by atoms with van der Waals surface area (Å²) in [5, 5.41) is 17.3. The highest BCUT2D eigenvalue weighted by molar-refractivity contribution is 7.09. The minimum atomic E-state index is -0.802. The van der Waals surface area contributed by atoms with Gasteiger partial charge in [0.15, 0.2) is 6.10 Å². The summed E-state index contributed by atoms with van der Waals surface area (Å²) in [6.07, 6.45) is 4.46. The Kier molecular flexibility index (Phi) is 13.3. The number of nitrogens with zero attached hydrogens (tertiary/aromatic N) is 3. The molecule has 1 aliphatic heterocycles. The molecule has 252 valence electrons. The zero-order valence-corrected chi connectivity index (χ0v) is 28.5. The molecule has 2 fully saturated rings. The first-order valence-electron chi connectivity index (χ1n) is 16.1. The number of piperidine rings is 1. The highest BCUT2D eigenvalue weighted by Crippen LogP contribution is 2.31. The fourth-order valence-electron chi connectivity index (χ4n) is 6.33. The number of carboxylic acids is 1. The number of nitrogens with one attached hydrogen (secondary N) is 2. The molecule has 3 N–H and O–H groups in total. The van der Waals surface area contributed by atoms with Crippen LogP contribution in [0.5, 0.6) is 0 Å². The van der Waals surface area contributed by atoms with Crippen LogP contribution in [0, 0.1) is 17.8 Å². The number of hydrogen-bond donors (Lipinski definition) is 3. The summed E-state index contributed by atoms with van der Waals surface area (Å²) in [5.41, 5.74) is 0.202. The minimum absolute atomic E-state index is 0.0198. The molecule has 1 saturated carbocycles. The number of carbonyl (C=O) groups excluding carboxylic acids is 4. The summed E-state index contributed by atoms with van der Waals surface area (Å²) < 4.78 is 5.70. The number of hydrogen-bond acceptors (Lipinski definition) is 9. The molecule has 0 radical (unpaired) electrons. The number of carbonyl (C=O) groups is 5. The minimum Gasteiger partial charge on any atom is -0.481 e. The number of thiazole rings is 1. The van der Waals surface area contributed by atoms with Gasteiger partial charge in [-0.1, -0.05) is 34.1 Å². The highest BCUT2D eigenvalue weighted by atomic mass is 32.1. The molecule has 3 amide bonds. The number of carboxylic acid groups (broad SMARTS) is 1. The van der Waals surface area contributed by atoms with E-state index in [0.717, 1.165) is 25.8 Å². The molecule has 2 aliphatic rings. The third kappa shape index (κ3) is 9.96. The average Bonchev–Trinajstić information content (AvgIpc) is 3.48. The molecule has 0 aromatic carbocycles. The van der Waals surface area contributed by atoms with E-state index in [-0.39, 0.29) is 65.7 Å². The number of esters is 1. The van der Waals surface area contributed by atoms with Crippen molar-refractivity contribution in [3.8, 4) is 0 Å². The van der Waals surface area contributed by atoms with Crippen molar-refractivity contribution in [2.24, 2.45) is 17.8 Å². The Morgan fingerprint density at radius 3 is 2.29 bits per heavy atom. The van der Waals surface area contributed by atoms with Gasteiger partial charge >= 0.3 is 11.9 Å². The lowest BCUT2D eigenvalue weighted by atomic mass is 9.86. The van der Waals surface area contributed by atoms with Crippen LogP contribution in [0.25, 0.3) is 0 Å². The monoisotopic (exact) mass is 649 g/mol. The Morgan fingerprint density at radius 2 is 1.73 bits per heavy atom. The van der Waals surface area contributed by atoms with Gasteiger partial charge in [0.25, 0.3) is 5.91 Å². The van der Waals surface area contributed by atoms with E-state index in [1.807, 2.05) is 39.6 Å². The normalized spacial score (nSPS) is 22.7. The van der Waals surface area contributed by atoms with Crippen molar-refractivity contribution in [1.82, 2.24) is 25.4 Å². The molecule has 0 bridgehead atoms. The molecule has 3 rings (SSSR count). The maximum absolute atomic E-state index is 13.9. The molecular weight excluding hydrogens is 598 g/mol. The van der Waals surface area contributed by atoms with E-state index in [9.17, 15) is 29.1 Å². The zero-order valence-electron chi connectivity index (χ0n) is 27.7. The van der Waals surface area contributed by atoms with E-state index in [1.54, 1.807) is 17.3 Å². The SMILES string of the molecule is CC(=O)O[C@H](CC(C(C)C)N(C)C(=O)[C@@H](NC(=O)[C@H]1CCCCN1C)C(C)C)c1nc(C(=O)NC2CCC(C(=O)O)CC2)cs1. The van der Waals surface area contributed by atoms with Gasteiger partial charge in [0, 0.05) is 37.9 Å². The maximum Gasteiger partial charge on any atom is 0.306 e. The van der Waals surface area contributed by atoms with Crippen LogP contribution in [0.15, 0.2) is 5.38 Å². The van der Waals surface area contributed by atoms with Crippen molar-refractivity contribution in [3.05, 3.63) is 16.1 Å². The van der Waals surface area contributed by atoms with Crippen LogP contribution in [-0.2, 0) is 23.9 Å². The van der Waals surface area contributed by atoms with E-state index in [4.69, 9.17) is 4.74 Å². The van der Waals surface area contributed by atoms with Gasteiger partial charge in [-0.15, -0.1) is 11.3 Å². The first kappa shape index (κ1) is 36.4. The second kappa shape index (κ2) is 16.5. The molecule has 1 aromatic heterocycles.